The average Bonchev–Trinajstić information content (AvgIpc) is 2.38. The zero-order chi connectivity index (χ0) is 14.6. The third-order valence-electron chi connectivity index (χ3n) is 3.85. The van der Waals surface area contributed by atoms with Gasteiger partial charge >= 0.3 is 0 Å². The van der Waals surface area contributed by atoms with Crippen LogP contribution < -0.4 is 15.8 Å². The SMILES string of the molecule is CC1CCCC(CN)(Nc2nccc(OC(C)C)n2)C1. The highest BCUT2D eigenvalue weighted by atomic mass is 16.5. The van der Waals surface area contributed by atoms with Crippen molar-refractivity contribution in [2.24, 2.45) is 11.7 Å². The zero-order valence-electron chi connectivity index (χ0n) is 12.7. The van der Waals surface area contributed by atoms with Gasteiger partial charge in [-0.15, -0.1) is 0 Å². The molecule has 1 saturated carbocycles. The first-order valence-electron chi connectivity index (χ1n) is 7.51. The van der Waals surface area contributed by atoms with E-state index in [0.29, 0.717) is 24.3 Å². The van der Waals surface area contributed by atoms with E-state index in [2.05, 4.69) is 22.2 Å². The molecule has 5 nitrogen and oxygen atoms in total. The second kappa shape index (κ2) is 6.39. The number of hydrogen-bond donors (Lipinski definition) is 2. The fourth-order valence-corrected chi connectivity index (χ4v) is 2.96. The summed E-state index contributed by atoms with van der Waals surface area (Å²) in [5, 5.41) is 3.46. The van der Waals surface area contributed by atoms with Crippen LogP contribution in [0.3, 0.4) is 0 Å². The van der Waals surface area contributed by atoms with Gasteiger partial charge in [-0.3, -0.25) is 0 Å². The van der Waals surface area contributed by atoms with E-state index in [-0.39, 0.29) is 11.6 Å². The number of nitrogens with zero attached hydrogens (tertiary/aromatic N) is 2. The minimum atomic E-state index is -0.0753. The zero-order valence-corrected chi connectivity index (χ0v) is 12.7. The molecule has 1 aliphatic rings. The van der Waals surface area contributed by atoms with Gasteiger partial charge in [-0.25, -0.2) is 4.98 Å². The summed E-state index contributed by atoms with van der Waals surface area (Å²) in [4.78, 5) is 8.73. The monoisotopic (exact) mass is 278 g/mol. The molecule has 1 aromatic heterocycles. The van der Waals surface area contributed by atoms with Crippen molar-refractivity contribution in [1.82, 2.24) is 9.97 Å². The largest absolute Gasteiger partial charge is 0.475 e. The summed E-state index contributed by atoms with van der Waals surface area (Å²) in [6.45, 7) is 6.86. The second-order valence-corrected chi connectivity index (χ2v) is 6.20. The lowest BCUT2D eigenvalue weighted by Crippen LogP contribution is -2.49. The van der Waals surface area contributed by atoms with Gasteiger partial charge in [0.25, 0.3) is 0 Å². The Labute approximate surface area is 121 Å². The van der Waals surface area contributed by atoms with Crippen LogP contribution in [0.4, 0.5) is 5.95 Å². The molecule has 1 fully saturated rings. The highest BCUT2D eigenvalue weighted by molar-refractivity contribution is 5.32. The summed E-state index contributed by atoms with van der Waals surface area (Å²) in [7, 11) is 0. The Morgan fingerprint density at radius 2 is 2.35 bits per heavy atom. The first-order chi connectivity index (χ1) is 9.53. The van der Waals surface area contributed by atoms with Gasteiger partial charge in [0.05, 0.1) is 11.6 Å². The predicted octanol–water partition coefficient (Wildman–Crippen LogP) is 2.58. The molecule has 0 spiro atoms. The molecular formula is C15H26N4O. The molecule has 1 heterocycles. The maximum absolute atomic E-state index is 6.02. The minimum absolute atomic E-state index is 0.0753. The van der Waals surface area contributed by atoms with Crippen LogP contribution in [0.2, 0.25) is 0 Å². The second-order valence-electron chi connectivity index (χ2n) is 6.20. The van der Waals surface area contributed by atoms with Gasteiger partial charge in [-0.1, -0.05) is 19.8 Å². The third-order valence-corrected chi connectivity index (χ3v) is 3.85. The molecule has 5 heteroatoms. The smallest absolute Gasteiger partial charge is 0.226 e. The molecule has 2 atom stereocenters. The number of nitrogens with one attached hydrogen (secondary N) is 1. The van der Waals surface area contributed by atoms with Crippen LogP contribution in [-0.4, -0.2) is 28.2 Å². The summed E-state index contributed by atoms with van der Waals surface area (Å²) in [6.07, 6.45) is 6.46. The van der Waals surface area contributed by atoms with Crippen LogP contribution in [-0.2, 0) is 0 Å². The standard InChI is InChI=1S/C15H26N4O/c1-11(2)20-13-6-8-17-14(18-13)19-15(10-16)7-4-5-12(3)9-15/h6,8,11-12H,4-5,7,9-10,16H2,1-3H3,(H,17,18,19). The fourth-order valence-electron chi connectivity index (χ4n) is 2.96. The van der Waals surface area contributed by atoms with E-state index in [0.717, 1.165) is 12.8 Å². The van der Waals surface area contributed by atoms with Crippen molar-refractivity contribution >= 4 is 5.95 Å². The Balaban J connectivity index is 2.11. The van der Waals surface area contributed by atoms with Gasteiger partial charge in [0.2, 0.25) is 11.8 Å². The van der Waals surface area contributed by atoms with Crippen molar-refractivity contribution < 1.29 is 4.74 Å². The summed E-state index contributed by atoms with van der Waals surface area (Å²) < 4.78 is 5.61. The molecule has 0 saturated heterocycles. The number of aromatic nitrogens is 2. The predicted molar refractivity (Wildman–Crippen MR) is 80.8 cm³/mol. The molecular weight excluding hydrogens is 252 g/mol. The molecule has 112 valence electrons. The van der Waals surface area contributed by atoms with E-state index >= 15 is 0 Å². The highest BCUT2D eigenvalue weighted by Crippen LogP contribution is 2.33. The van der Waals surface area contributed by atoms with E-state index in [1.807, 2.05) is 13.8 Å². The van der Waals surface area contributed by atoms with Gasteiger partial charge in [0.1, 0.15) is 0 Å². The van der Waals surface area contributed by atoms with Crippen molar-refractivity contribution in [2.45, 2.75) is 58.1 Å². The van der Waals surface area contributed by atoms with Crippen molar-refractivity contribution in [1.29, 1.82) is 0 Å². The topological polar surface area (TPSA) is 73.1 Å². The summed E-state index contributed by atoms with van der Waals surface area (Å²) in [5.41, 5.74) is 5.94. The van der Waals surface area contributed by atoms with E-state index in [9.17, 15) is 0 Å². The van der Waals surface area contributed by atoms with Crippen LogP contribution >= 0.6 is 0 Å². The first kappa shape index (κ1) is 15.0. The van der Waals surface area contributed by atoms with Gasteiger partial charge in [-0.2, -0.15) is 4.98 Å². The maximum atomic E-state index is 6.02. The Morgan fingerprint density at radius 3 is 3.00 bits per heavy atom. The lowest BCUT2D eigenvalue weighted by Gasteiger charge is -2.40. The van der Waals surface area contributed by atoms with E-state index in [1.165, 1.54) is 12.8 Å². The third kappa shape index (κ3) is 3.82. The van der Waals surface area contributed by atoms with Gasteiger partial charge in [0, 0.05) is 18.8 Å². The summed E-state index contributed by atoms with van der Waals surface area (Å²) in [6, 6.07) is 1.78. The molecule has 0 aromatic carbocycles. The van der Waals surface area contributed by atoms with Crippen LogP contribution in [0.5, 0.6) is 5.88 Å². The number of rotatable bonds is 5. The normalized spacial score (nSPS) is 26.6. The minimum Gasteiger partial charge on any atom is -0.475 e. The molecule has 0 amide bonds. The Morgan fingerprint density at radius 1 is 1.55 bits per heavy atom. The molecule has 2 rings (SSSR count). The molecule has 1 aliphatic carbocycles. The molecule has 0 bridgehead atoms. The van der Waals surface area contributed by atoms with Crippen molar-refractivity contribution in [3.8, 4) is 5.88 Å². The van der Waals surface area contributed by atoms with Crippen LogP contribution in [0.25, 0.3) is 0 Å². The molecule has 2 unspecified atom stereocenters. The maximum Gasteiger partial charge on any atom is 0.226 e. The quantitative estimate of drug-likeness (QED) is 0.866. The number of anilines is 1. The van der Waals surface area contributed by atoms with Gasteiger partial charge in [0.15, 0.2) is 0 Å². The van der Waals surface area contributed by atoms with E-state index in [4.69, 9.17) is 10.5 Å². The fraction of sp³-hybridized carbons (Fsp3) is 0.733. The number of ether oxygens (including phenoxy) is 1. The number of hydrogen-bond acceptors (Lipinski definition) is 5. The lowest BCUT2D eigenvalue weighted by molar-refractivity contribution is 0.231. The van der Waals surface area contributed by atoms with Crippen LogP contribution in [0.1, 0.15) is 46.5 Å². The van der Waals surface area contributed by atoms with Gasteiger partial charge in [-0.05, 0) is 32.6 Å². The Kier molecular flexibility index (Phi) is 4.81. The lowest BCUT2D eigenvalue weighted by atomic mass is 9.76. The van der Waals surface area contributed by atoms with E-state index < -0.39 is 0 Å². The molecule has 0 radical (unpaired) electrons. The first-order valence-corrected chi connectivity index (χ1v) is 7.51. The Hall–Kier alpha value is -1.36. The molecule has 0 aliphatic heterocycles. The summed E-state index contributed by atoms with van der Waals surface area (Å²) in [5.74, 6) is 1.91. The van der Waals surface area contributed by atoms with E-state index in [1.54, 1.807) is 12.3 Å². The Bertz CT molecular complexity index is 438. The van der Waals surface area contributed by atoms with Gasteiger partial charge < -0.3 is 15.8 Å². The molecule has 20 heavy (non-hydrogen) atoms. The average molecular weight is 278 g/mol. The van der Waals surface area contributed by atoms with Crippen LogP contribution in [0.15, 0.2) is 12.3 Å². The molecule has 1 aromatic rings. The van der Waals surface area contributed by atoms with Crippen molar-refractivity contribution in [2.75, 3.05) is 11.9 Å². The van der Waals surface area contributed by atoms with Crippen molar-refractivity contribution in [3.05, 3.63) is 12.3 Å². The highest BCUT2D eigenvalue weighted by Gasteiger charge is 2.34. The summed E-state index contributed by atoms with van der Waals surface area (Å²) >= 11 is 0. The number of nitrogens with two attached hydrogens (primary N) is 1. The van der Waals surface area contributed by atoms with Crippen molar-refractivity contribution in [3.63, 3.8) is 0 Å². The molecule has 3 N–H and O–H groups in total. The van der Waals surface area contributed by atoms with Crippen LogP contribution in [0, 0.1) is 5.92 Å².